The highest BCUT2D eigenvalue weighted by Crippen LogP contribution is 2.15. The molecule has 4 heteroatoms. The number of piperidine rings is 1. The van der Waals surface area contributed by atoms with Gasteiger partial charge in [0.05, 0.1) is 0 Å². The molecule has 0 aliphatic carbocycles. The number of hydrogen-bond donors (Lipinski definition) is 1. The summed E-state index contributed by atoms with van der Waals surface area (Å²) in [6.45, 7) is 7.87. The van der Waals surface area contributed by atoms with Crippen molar-refractivity contribution in [2.24, 2.45) is 10.9 Å². The van der Waals surface area contributed by atoms with Crippen LogP contribution in [0.3, 0.4) is 0 Å². The standard InChI is InChI=1S/C12H25N3S/c1-10-5-7-15(8-6-10)12(13-3)14-9-11(2)16-4/h10-11H,5-9H2,1-4H3,(H,13,14). The van der Waals surface area contributed by atoms with E-state index in [4.69, 9.17) is 0 Å². The molecule has 0 aromatic rings. The molecule has 1 saturated heterocycles. The SMILES string of the molecule is CN=C(NCC(C)SC)N1CCC(C)CC1. The third-order valence-electron chi connectivity index (χ3n) is 3.24. The second-order valence-electron chi connectivity index (χ2n) is 4.64. The van der Waals surface area contributed by atoms with Crippen molar-refractivity contribution in [3.63, 3.8) is 0 Å². The average Bonchev–Trinajstić information content (AvgIpc) is 2.31. The van der Waals surface area contributed by atoms with Crippen LogP contribution in [0.1, 0.15) is 26.7 Å². The quantitative estimate of drug-likeness (QED) is 0.607. The highest BCUT2D eigenvalue weighted by molar-refractivity contribution is 7.99. The molecule has 1 heterocycles. The second kappa shape index (κ2) is 7.05. The highest BCUT2D eigenvalue weighted by atomic mass is 32.2. The van der Waals surface area contributed by atoms with Gasteiger partial charge in [-0.2, -0.15) is 11.8 Å². The van der Waals surface area contributed by atoms with Crippen LogP contribution in [0.5, 0.6) is 0 Å². The van der Waals surface area contributed by atoms with Crippen molar-refractivity contribution >= 4 is 17.7 Å². The van der Waals surface area contributed by atoms with E-state index in [1.54, 1.807) is 0 Å². The Labute approximate surface area is 104 Å². The lowest BCUT2D eigenvalue weighted by molar-refractivity contribution is 0.273. The topological polar surface area (TPSA) is 27.6 Å². The minimum atomic E-state index is 0.639. The molecule has 94 valence electrons. The zero-order valence-electron chi connectivity index (χ0n) is 11.0. The van der Waals surface area contributed by atoms with Crippen molar-refractivity contribution in [2.45, 2.75) is 31.9 Å². The van der Waals surface area contributed by atoms with Crippen LogP contribution in [-0.4, -0.2) is 49.0 Å². The molecule has 1 aliphatic rings. The lowest BCUT2D eigenvalue weighted by Gasteiger charge is -2.33. The zero-order valence-corrected chi connectivity index (χ0v) is 11.8. The fourth-order valence-electron chi connectivity index (χ4n) is 1.87. The van der Waals surface area contributed by atoms with Crippen LogP contribution in [0.4, 0.5) is 0 Å². The predicted octanol–water partition coefficient (Wildman–Crippen LogP) is 2.05. The van der Waals surface area contributed by atoms with E-state index in [2.05, 4.69) is 35.3 Å². The van der Waals surface area contributed by atoms with E-state index in [0.717, 1.165) is 31.5 Å². The van der Waals surface area contributed by atoms with Gasteiger partial charge in [0.15, 0.2) is 5.96 Å². The Bertz CT molecular complexity index is 222. The summed E-state index contributed by atoms with van der Waals surface area (Å²) in [5.74, 6) is 1.95. The molecule has 1 fully saturated rings. The number of aliphatic imine (C=N–C) groups is 1. The molecule has 0 saturated carbocycles. The Morgan fingerprint density at radius 3 is 2.62 bits per heavy atom. The van der Waals surface area contributed by atoms with Gasteiger partial charge >= 0.3 is 0 Å². The number of likely N-dealkylation sites (tertiary alicyclic amines) is 1. The van der Waals surface area contributed by atoms with Crippen LogP contribution in [0, 0.1) is 5.92 Å². The van der Waals surface area contributed by atoms with Gasteiger partial charge in [-0.1, -0.05) is 13.8 Å². The van der Waals surface area contributed by atoms with Gasteiger partial charge in [0, 0.05) is 31.9 Å². The molecule has 1 rings (SSSR count). The van der Waals surface area contributed by atoms with Crippen LogP contribution in [0.2, 0.25) is 0 Å². The van der Waals surface area contributed by atoms with E-state index in [9.17, 15) is 0 Å². The second-order valence-corrected chi connectivity index (χ2v) is 5.92. The normalized spacial score (nSPS) is 21.0. The summed E-state index contributed by atoms with van der Waals surface area (Å²) in [4.78, 5) is 6.75. The Morgan fingerprint density at radius 1 is 1.50 bits per heavy atom. The smallest absolute Gasteiger partial charge is 0.193 e. The van der Waals surface area contributed by atoms with Crippen molar-refractivity contribution in [3.8, 4) is 0 Å². The van der Waals surface area contributed by atoms with Crippen LogP contribution in [0.25, 0.3) is 0 Å². The van der Waals surface area contributed by atoms with E-state index >= 15 is 0 Å². The molecule has 1 N–H and O–H groups in total. The highest BCUT2D eigenvalue weighted by Gasteiger charge is 2.18. The van der Waals surface area contributed by atoms with E-state index in [1.165, 1.54) is 12.8 Å². The summed E-state index contributed by atoms with van der Waals surface area (Å²) in [6.07, 6.45) is 4.73. The summed E-state index contributed by atoms with van der Waals surface area (Å²) < 4.78 is 0. The largest absolute Gasteiger partial charge is 0.355 e. The molecule has 1 atom stereocenters. The third-order valence-corrected chi connectivity index (χ3v) is 4.22. The Hall–Kier alpha value is -0.380. The third kappa shape index (κ3) is 4.24. The summed E-state index contributed by atoms with van der Waals surface area (Å²) in [5, 5.41) is 4.10. The monoisotopic (exact) mass is 243 g/mol. The molecule has 0 radical (unpaired) electrons. The van der Waals surface area contributed by atoms with Crippen molar-refractivity contribution in [1.82, 2.24) is 10.2 Å². The number of thioether (sulfide) groups is 1. The molecular formula is C12H25N3S. The summed E-state index contributed by atoms with van der Waals surface area (Å²) in [7, 11) is 1.88. The van der Waals surface area contributed by atoms with Gasteiger partial charge < -0.3 is 10.2 Å². The lowest BCUT2D eigenvalue weighted by Crippen LogP contribution is -2.46. The lowest BCUT2D eigenvalue weighted by atomic mass is 10.00. The average molecular weight is 243 g/mol. The zero-order chi connectivity index (χ0) is 12.0. The van der Waals surface area contributed by atoms with Crippen LogP contribution in [-0.2, 0) is 0 Å². The first-order valence-corrected chi connectivity index (χ1v) is 7.44. The maximum atomic E-state index is 4.37. The Balaban J connectivity index is 2.37. The number of hydrogen-bond acceptors (Lipinski definition) is 2. The number of nitrogens with zero attached hydrogens (tertiary/aromatic N) is 2. The van der Waals surface area contributed by atoms with Gasteiger partial charge in [-0.15, -0.1) is 0 Å². The molecular weight excluding hydrogens is 218 g/mol. The van der Waals surface area contributed by atoms with Gasteiger partial charge in [0.1, 0.15) is 0 Å². The molecule has 3 nitrogen and oxygen atoms in total. The van der Waals surface area contributed by atoms with E-state index in [0.29, 0.717) is 5.25 Å². The van der Waals surface area contributed by atoms with Gasteiger partial charge in [0.25, 0.3) is 0 Å². The molecule has 16 heavy (non-hydrogen) atoms. The van der Waals surface area contributed by atoms with E-state index < -0.39 is 0 Å². The van der Waals surface area contributed by atoms with Crippen LogP contribution in [0.15, 0.2) is 4.99 Å². The molecule has 0 spiro atoms. The van der Waals surface area contributed by atoms with Crippen molar-refractivity contribution in [3.05, 3.63) is 0 Å². The van der Waals surface area contributed by atoms with Crippen LogP contribution < -0.4 is 5.32 Å². The maximum Gasteiger partial charge on any atom is 0.193 e. The minimum absolute atomic E-state index is 0.639. The van der Waals surface area contributed by atoms with Gasteiger partial charge in [0.2, 0.25) is 0 Å². The van der Waals surface area contributed by atoms with E-state index in [-0.39, 0.29) is 0 Å². The Morgan fingerprint density at radius 2 is 2.12 bits per heavy atom. The first-order chi connectivity index (χ1) is 7.67. The fourth-order valence-corrected chi connectivity index (χ4v) is 2.12. The molecule has 1 aliphatic heterocycles. The maximum absolute atomic E-state index is 4.37. The minimum Gasteiger partial charge on any atom is -0.355 e. The molecule has 0 aromatic heterocycles. The fraction of sp³-hybridized carbons (Fsp3) is 0.917. The van der Waals surface area contributed by atoms with Gasteiger partial charge in [-0.25, -0.2) is 0 Å². The molecule has 0 aromatic carbocycles. The van der Waals surface area contributed by atoms with Crippen molar-refractivity contribution in [1.29, 1.82) is 0 Å². The summed E-state index contributed by atoms with van der Waals surface area (Å²) in [6, 6.07) is 0. The van der Waals surface area contributed by atoms with Gasteiger partial charge in [-0.3, -0.25) is 4.99 Å². The molecule has 1 unspecified atom stereocenters. The Kier molecular flexibility index (Phi) is 6.03. The predicted molar refractivity (Wildman–Crippen MR) is 74.3 cm³/mol. The van der Waals surface area contributed by atoms with Gasteiger partial charge in [-0.05, 0) is 25.0 Å². The van der Waals surface area contributed by atoms with Crippen LogP contribution >= 0.6 is 11.8 Å². The first kappa shape index (κ1) is 13.7. The number of guanidine groups is 1. The van der Waals surface area contributed by atoms with Crippen molar-refractivity contribution < 1.29 is 0 Å². The summed E-state index contributed by atoms with van der Waals surface area (Å²) in [5.41, 5.74) is 0. The number of rotatable bonds is 3. The first-order valence-electron chi connectivity index (χ1n) is 6.15. The van der Waals surface area contributed by atoms with Crippen molar-refractivity contribution in [2.75, 3.05) is 32.9 Å². The summed E-state index contributed by atoms with van der Waals surface area (Å²) >= 11 is 1.89. The van der Waals surface area contributed by atoms with E-state index in [1.807, 2.05) is 18.8 Å². The number of nitrogens with one attached hydrogen (secondary N) is 1. The molecule has 0 amide bonds. The molecule has 0 bridgehead atoms.